The van der Waals surface area contributed by atoms with Gasteiger partial charge in [-0.1, -0.05) is 16.8 Å². The molecule has 0 bridgehead atoms. The van der Waals surface area contributed by atoms with Crippen LogP contribution in [0.3, 0.4) is 0 Å². The molecule has 0 spiro atoms. The Morgan fingerprint density at radius 3 is 2.52 bits per heavy atom. The zero-order chi connectivity index (χ0) is 16.3. The summed E-state index contributed by atoms with van der Waals surface area (Å²) in [6.45, 7) is 4.92. The van der Waals surface area contributed by atoms with Crippen molar-refractivity contribution >= 4 is 27.3 Å². The smallest absolute Gasteiger partial charge is 0.170 e. The van der Waals surface area contributed by atoms with Crippen LogP contribution < -0.4 is 10.5 Å². The molecule has 1 aromatic rings. The highest BCUT2D eigenvalue weighted by Crippen LogP contribution is 2.26. The second kappa shape index (κ2) is 6.53. The van der Waals surface area contributed by atoms with E-state index in [1.807, 2.05) is 0 Å². The summed E-state index contributed by atoms with van der Waals surface area (Å²) >= 11 is 6.00. The molecule has 0 saturated heterocycles. The van der Waals surface area contributed by atoms with E-state index in [9.17, 15) is 8.42 Å². The van der Waals surface area contributed by atoms with Gasteiger partial charge in [-0.05, 0) is 39.0 Å². The number of nitrogens with two attached hydrogens (primary N) is 1. The Morgan fingerprint density at radius 2 is 2.05 bits per heavy atom. The molecule has 0 unspecified atom stereocenters. The van der Waals surface area contributed by atoms with Gasteiger partial charge in [0, 0.05) is 5.56 Å². The van der Waals surface area contributed by atoms with E-state index in [1.165, 1.54) is 6.07 Å². The third kappa shape index (κ3) is 4.50. The number of hydrogen-bond acceptors (Lipinski definition) is 5. The third-order valence-electron chi connectivity index (χ3n) is 2.88. The average Bonchev–Trinajstić information content (AvgIpc) is 2.38. The molecular weight excluding hydrogens is 316 g/mol. The predicted molar refractivity (Wildman–Crippen MR) is 83.0 cm³/mol. The van der Waals surface area contributed by atoms with Gasteiger partial charge in [-0.3, -0.25) is 0 Å². The topological polar surface area (TPSA) is 102 Å². The minimum absolute atomic E-state index is 0.00222. The highest BCUT2D eigenvalue weighted by Gasteiger charge is 2.28. The van der Waals surface area contributed by atoms with Crippen LogP contribution in [0.1, 0.15) is 26.3 Å². The van der Waals surface area contributed by atoms with E-state index >= 15 is 0 Å². The number of halogens is 1. The normalized spacial score (nSPS) is 13.2. The van der Waals surface area contributed by atoms with Gasteiger partial charge >= 0.3 is 0 Å². The molecule has 0 heterocycles. The number of rotatable bonds is 5. The first-order valence-corrected chi connectivity index (χ1v) is 8.24. The maximum Gasteiger partial charge on any atom is 0.170 e. The van der Waals surface area contributed by atoms with Crippen molar-refractivity contribution in [2.24, 2.45) is 10.9 Å². The standard InChI is InChI=1S/C13H19ClN2O4S/c1-13(2,3)21(18,19)7-6-20-11-5-4-9(8-10(11)14)12(15)16-17/h4-5,8,17H,6-7H2,1-3H3,(H2,15,16). The van der Waals surface area contributed by atoms with Crippen LogP contribution in [0.5, 0.6) is 5.75 Å². The minimum atomic E-state index is -3.25. The van der Waals surface area contributed by atoms with Crippen LogP contribution in [-0.2, 0) is 9.84 Å². The highest BCUT2D eigenvalue weighted by atomic mass is 35.5. The summed E-state index contributed by atoms with van der Waals surface area (Å²) < 4.78 is 28.4. The van der Waals surface area contributed by atoms with Gasteiger partial charge in [-0.2, -0.15) is 0 Å². The van der Waals surface area contributed by atoms with Gasteiger partial charge in [0.2, 0.25) is 0 Å². The lowest BCUT2D eigenvalue weighted by atomic mass is 10.2. The van der Waals surface area contributed by atoms with E-state index in [4.69, 9.17) is 27.3 Å². The van der Waals surface area contributed by atoms with Crippen molar-refractivity contribution in [2.75, 3.05) is 12.4 Å². The van der Waals surface area contributed by atoms with Crippen LogP contribution in [0.25, 0.3) is 0 Å². The molecule has 118 valence electrons. The van der Waals surface area contributed by atoms with E-state index in [1.54, 1.807) is 32.9 Å². The summed E-state index contributed by atoms with van der Waals surface area (Å²) in [6, 6.07) is 4.58. The van der Waals surface area contributed by atoms with Crippen LogP contribution in [0.2, 0.25) is 5.02 Å². The fourth-order valence-corrected chi connectivity index (χ4v) is 2.55. The first-order chi connectivity index (χ1) is 9.58. The number of benzene rings is 1. The summed E-state index contributed by atoms with van der Waals surface area (Å²) in [5.41, 5.74) is 5.88. The quantitative estimate of drug-likeness (QED) is 0.371. The Balaban J connectivity index is 2.74. The first kappa shape index (κ1) is 17.6. The van der Waals surface area contributed by atoms with Gasteiger partial charge in [0.15, 0.2) is 15.7 Å². The molecule has 1 rings (SSSR count). The molecule has 0 saturated carbocycles. The zero-order valence-electron chi connectivity index (χ0n) is 12.1. The molecule has 0 aliphatic carbocycles. The van der Waals surface area contributed by atoms with Crippen LogP contribution >= 0.6 is 11.6 Å². The second-order valence-electron chi connectivity index (χ2n) is 5.41. The molecule has 21 heavy (non-hydrogen) atoms. The van der Waals surface area contributed by atoms with Crippen molar-refractivity contribution in [3.05, 3.63) is 28.8 Å². The molecular formula is C13H19ClN2O4S. The zero-order valence-corrected chi connectivity index (χ0v) is 13.7. The average molecular weight is 335 g/mol. The van der Waals surface area contributed by atoms with Crippen molar-refractivity contribution in [1.29, 1.82) is 0 Å². The number of amidine groups is 1. The summed E-state index contributed by atoms with van der Waals surface area (Å²) in [6.07, 6.45) is 0. The molecule has 6 nitrogen and oxygen atoms in total. The first-order valence-electron chi connectivity index (χ1n) is 6.21. The lowest BCUT2D eigenvalue weighted by molar-refractivity contribution is 0.318. The van der Waals surface area contributed by atoms with Gasteiger partial charge < -0.3 is 15.7 Å². The number of hydrogen-bond donors (Lipinski definition) is 2. The highest BCUT2D eigenvalue weighted by molar-refractivity contribution is 7.92. The molecule has 3 N–H and O–H groups in total. The molecule has 1 aromatic carbocycles. The van der Waals surface area contributed by atoms with Crippen LogP contribution in [0.15, 0.2) is 23.4 Å². The Labute approximate surface area is 129 Å². The third-order valence-corrected chi connectivity index (χ3v) is 5.74. The van der Waals surface area contributed by atoms with Crippen molar-refractivity contribution < 1.29 is 18.4 Å². The fourth-order valence-electron chi connectivity index (χ4n) is 1.40. The Morgan fingerprint density at radius 1 is 1.43 bits per heavy atom. The molecule has 8 heteroatoms. The maximum absolute atomic E-state index is 11.9. The van der Waals surface area contributed by atoms with E-state index in [0.29, 0.717) is 11.3 Å². The predicted octanol–water partition coefficient (Wildman–Crippen LogP) is 2.03. The molecule has 0 amide bonds. The number of ether oxygens (including phenoxy) is 1. The van der Waals surface area contributed by atoms with Gasteiger partial charge in [-0.15, -0.1) is 0 Å². The monoisotopic (exact) mass is 334 g/mol. The number of sulfone groups is 1. The Bertz CT molecular complexity index is 636. The molecule has 0 aromatic heterocycles. The SMILES string of the molecule is CC(C)(C)S(=O)(=O)CCOc1ccc(/C(N)=N/O)cc1Cl. The summed E-state index contributed by atoms with van der Waals surface area (Å²) in [7, 11) is -3.25. The number of oxime groups is 1. The van der Waals surface area contributed by atoms with Gasteiger partial charge in [0.1, 0.15) is 12.4 Å². The van der Waals surface area contributed by atoms with Crippen molar-refractivity contribution in [1.82, 2.24) is 0 Å². The van der Waals surface area contributed by atoms with Crippen molar-refractivity contribution in [2.45, 2.75) is 25.5 Å². The van der Waals surface area contributed by atoms with E-state index in [2.05, 4.69) is 5.16 Å². The van der Waals surface area contributed by atoms with E-state index < -0.39 is 14.6 Å². The molecule has 0 aliphatic heterocycles. The summed E-state index contributed by atoms with van der Waals surface area (Å²) in [5, 5.41) is 11.7. The van der Waals surface area contributed by atoms with Crippen molar-refractivity contribution in [3.63, 3.8) is 0 Å². The lowest BCUT2D eigenvalue weighted by Gasteiger charge is -2.19. The van der Waals surface area contributed by atoms with Crippen LogP contribution in [0.4, 0.5) is 0 Å². The largest absolute Gasteiger partial charge is 0.491 e. The Kier molecular flexibility index (Phi) is 5.47. The minimum Gasteiger partial charge on any atom is -0.491 e. The van der Waals surface area contributed by atoms with Gasteiger partial charge in [0.25, 0.3) is 0 Å². The Hall–Kier alpha value is -1.47. The van der Waals surface area contributed by atoms with Crippen LogP contribution in [-0.4, -0.2) is 36.6 Å². The molecule has 0 radical (unpaired) electrons. The lowest BCUT2D eigenvalue weighted by Crippen LogP contribution is -2.32. The van der Waals surface area contributed by atoms with E-state index in [0.717, 1.165) is 0 Å². The van der Waals surface area contributed by atoms with Gasteiger partial charge in [-0.25, -0.2) is 8.42 Å². The molecule has 0 atom stereocenters. The number of nitrogens with zero attached hydrogens (tertiary/aromatic N) is 1. The fraction of sp³-hybridized carbons (Fsp3) is 0.462. The van der Waals surface area contributed by atoms with E-state index in [-0.39, 0.29) is 23.2 Å². The molecule has 0 aliphatic rings. The molecule has 0 fully saturated rings. The summed E-state index contributed by atoms with van der Waals surface area (Å²) in [4.78, 5) is 0. The van der Waals surface area contributed by atoms with Gasteiger partial charge in [0.05, 0.1) is 15.5 Å². The maximum atomic E-state index is 11.9. The summed E-state index contributed by atoms with van der Waals surface area (Å²) in [5.74, 6) is 0.170. The van der Waals surface area contributed by atoms with Crippen LogP contribution in [0, 0.1) is 0 Å². The second-order valence-corrected chi connectivity index (χ2v) is 8.68. The van der Waals surface area contributed by atoms with Crippen molar-refractivity contribution in [3.8, 4) is 5.75 Å².